The second kappa shape index (κ2) is 2.59. The molecule has 0 aromatic heterocycles. The second-order valence-corrected chi connectivity index (χ2v) is 1.52. The lowest BCUT2D eigenvalue weighted by atomic mass is 10.7. The molecule has 0 radical (unpaired) electrons. The van der Waals surface area contributed by atoms with Crippen molar-refractivity contribution < 1.29 is 24.4 Å². The zero-order valence-corrected chi connectivity index (χ0v) is 4.74. The minimum absolute atomic E-state index is 0.258. The molecule has 54 valence electrons. The monoisotopic (exact) mass is 136 g/mol. The molecule has 1 fully saturated rings. The Bertz CT molecular complexity index is 81.0. The molecule has 1 aliphatic rings. The number of aliphatic hydroxyl groups excluding tert-OH is 2. The summed E-state index contributed by atoms with van der Waals surface area (Å²) in [6.45, 7) is -0.686. The summed E-state index contributed by atoms with van der Waals surface area (Å²) in [6.07, 6.45) is 0. The molecule has 0 bridgehead atoms. The fourth-order valence-electron chi connectivity index (χ4n) is 0.464. The maximum absolute atomic E-state index is 8.20. The van der Waals surface area contributed by atoms with Crippen LogP contribution in [0.4, 0.5) is 0 Å². The predicted molar refractivity (Wildman–Crippen MR) is 25.0 cm³/mol. The number of ether oxygens (including phenoxy) is 3. The van der Waals surface area contributed by atoms with E-state index >= 15 is 0 Å². The SMILES string of the molecule is OCOC1(OCO)CO1. The van der Waals surface area contributed by atoms with Gasteiger partial charge in [-0.3, -0.25) is 9.47 Å². The molecule has 1 heterocycles. The van der Waals surface area contributed by atoms with Crippen LogP contribution in [0.5, 0.6) is 0 Å². The van der Waals surface area contributed by atoms with Crippen LogP contribution >= 0.6 is 0 Å². The summed E-state index contributed by atoms with van der Waals surface area (Å²) < 4.78 is 13.7. The van der Waals surface area contributed by atoms with Gasteiger partial charge in [-0.25, -0.2) is 0 Å². The van der Waals surface area contributed by atoms with Crippen molar-refractivity contribution in [3.8, 4) is 0 Å². The lowest BCUT2D eigenvalue weighted by Gasteiger charge is -2.08. The van der Waals surface area contributed by atoms with E-state index in [0.29, 0.717) is 0 Å². The van der Waals surface area contributed by atoms with E-state index in [4.69, 9.17) is 10.2 Å². The van der Waals surface area contributed by atoms with E-state index in [1.54, 1.807) is 0 Å². The van der Waals surface area contributed by atoms with Gasteiger partial charge < -0.3 is 14.9 Å². The van der Waals surface area contributed by atoms with Gasteiger partial charge in [-0.2, -0.15) is 0 Å². The molecule has 1 rings (SSSR count). The largest absolute Gasteiger partial charge is 0.370 e. The molecule has 0 atom stereocenters. The zero-order chi connectivity index (χ0) is 6.74. The standard InChI is InChI=1S/C4H8O5/c5-2-8-4(1-7-4)9-3-6/h5-6H,1-3H2. The molecule has 0 unspecified atom stereocenters. The molecule has 0 aromatic rings. The normalized spacial score (nSPS) is 22.0. The first-order chi connectivity index (χ1) is 4.33. The van der Waals surface area contributed by atoms with Crippen molar-refractivity contribution >= 4 is 0 Å². The van der Waals surface area contributed by atoms with Crippen LogP contribution in [-0.4, -0.2) is 36.4 Å². The summed E-state index contributed by atoms with van der Waals surface area (Å²) in [5.41, 5.74) is 0. The quantitative estimate of drug-likeness (QED) is 0.367. The highest BCUT2D eigenvalue weighted by molar-refractivity contribution is 4.68. The summed E-state index contributed by atoms with van der Waals surface area (Å²) in [5.74, 6) is -1.15. The molecule has 2 N–H and O–H groups in total. The minimum Gasteiger partial charge on any atom is -0.370 e. The zero-order valence-electron chi connectivity index (χ0n) is 4.74. The van der Waals surface area contributed by atoms with Crippen molar-refractivity contribution in [2.24, 2.45) is 0 Å². The fraction of sp³-hybridized carbons (Fsp3) is 1.00. The maximum atomic E-state index is 8.20. The summed E-state index contributed by atoms with van der Waals surface area (Å²) in [4.78, 5) is 0. The summed E-state index contributed by atoms with van der Waals surface area (Å²) >= 11 is 0. The summed E-state index contributed by atoms with van der Waals surface area (Å²) in [7, 11) is 0. The summed E-state index contributed by atoms with van der Waals surface area (Å²) in [6, 6.07) is 0. The Morgan fingerprint density at radius 1 is 1.33 bits per heavy atom. The molecule has 5 nitrogen and oxygen atoms in total. The molecule has 0 saturated carbocycles. The van der Waals surface area contributed by atoms with Crippen LogP contribution in [0, 0.1) is 0 Å². The molecule has 1 aliphatic heterocycles. The molecule has 1 saturated heterocycles. The number of aliphatic hydroxyl groups is 2. The highest BCUT2D eigenvalue weighted by atomic mass is 17.0. The second-order valence-electron chi connectivity index (χ2n) is 1.52. The topological polar surface area (TPSA) is 71.5 Å². The van der Waals surface area contributed by atoms with Crippen LogP contribution in [-0.2, 0) is 14.2 Å². The van der Waals surface area contributed by atoms with E-state index in [1.807, 2.05) is 0 Å². The lowest BCUT2D eigenvalue weighted by molar-refractivity contribution is -0.276. The minimum atomic E-state index is -1.15. The molecule has 9 heavy (non-hydrogen) atoms. The first kappa shape index (κ1) is 6.91. The Kier molecular flexibility index (Phi) is 1.99. The van der Waals surface area contributed by atoms with E-state index in [1.165, 1.54) is 0 Å². The van der Waals surface area contributed by atoms with Crippen LogP contribution in [0.3, 0.4) is 0 Å². The molecule has 0 aliphatic carbocycles. The van der Waals surface area contributed by atoms with Crippen molar-refractivity contribution in [3.63, 3.8) is 0 Å². The van der Waals surface area contributed by atoms with Gasteiger partial charge in [0.2, 0.25) is 0 Å². The van der Waals surface area contributed by atoms with Crippen molar-refractivity contribution in [1.82, 2.24) is 0 Å². The lowest BCUT2D eigenvalue weighted by Crippen LogP contribution is -2.21. The highest BCUT2D eigenvalue weighted by Gasteiger charge is 2.48. The van der Waals surface area contributed by atoms with Crippen molar-refractivity contribution in [1.29, 1.82) is 0 Å². The molecule has 0 spiro atoms. The molecule has 0 amide bonds. The molecular formula is C4H8O5. The maximum Gasteiger partial charge on any atom is 0.312 e. The van der Waals surface area contributed by atoms with Crippen LogP contribution in [0.2, 0.25) is 0 Å². The van der Waals surface area contributed by atoms with Crippen LogP contribution < -0.4 is 0 Å². The van der Waals surface area contributed by atoms with Gasteiger partial charge in [0.15, 0.2) is 0 Å². The van der Waals surface area contributed by atoms with Crippen LogP contribution in [0.1, 0.15) is 0 Å². The Labute approximate surface area is 51.8 Å². The van der Waals surface area contributed by atoms with Gasteiger partial charge in [0.25, 0.3) is 0 Å². The molecular weight excluding hydrogens is 128 g/mol. The van der Waals surface area contributed by atoms with E-state index in [0.717, 1.165) is 0 Å². The van der Waals surface area contributed by atoms with Gasteiger partial charge in [0, 0.05) is 0 Å². The number of rotatable bonds is 4. The van der Waals surface area contributed by atoms with Crippen molar-refractivity contribution in [2.75, 3.05) is 20.2 Å². The number of epoxide rings is 1. The average molecular weight is 136 g/mol. The van der Waals surface area contributed by atoms with Gasteiger partial charge in [-0.1, -0.05) is 0 Å². The predicted octanol–water partition coefficient (Wildman–Crippen LogP) is -1.40. The van der Waals surface area contributed by atoms with Gasteiger partial charge >= 0.3 is 5.97 Å². The fourth-order valence-corrected chi connectivity index (χ4v) is 0.464. The number of hydrogen-bond acceptors (Lipinski definition) is 5. The molecule has 0 aromatic carbocycles. The Balaban J connectivity index is 2.17. The van der Waals surface area contributed by atoms with Gasteiger partial charge in [0.05, 0.1) is 0 Å². The van der Waals surface area contributed by atoms with Crippen LogP contribution in [0.15, 0.2) is 0 Å². The van der Waals surface area contributed by atoms with Gasteiger partial charge in [-0.15, -0.1) is 0 Å². The van der Waals surface area contributed by atoms with E-state index < -0.39 is 19.6 Å². The van der Waals surface area contributed by atoms with Crippen molar-refractivity contribution in [2.45, 2.75) is 5.97 Å². The first-order valence-electron chi connectivity index (χ1n) is 2.46. The van der Waals surface area contributed by atoms with E-state index in [-0.39, 0.29) is 6.61 Å². The smallest absolute Gasteiger partial charge is 0.312 e. The third kappa shape index (κ3) is 1.60. The first-order valence-corrected chi connectivity index (χ1v) is 2.46. The Morgan fingerprint density at radius 2 is 1.78 bits per heavy atom. The summed E-state index contributed by atoms with van der Waals surface area (Å²) in [5, 5.41) is 16.4. The van der Waals surface area contributed by atoms with Gasteiger partial charge in [0.1, 0.15) is 20.2 Å². The van der Waals surface area contributed by atoms with E-state index in [9.17, 15) is 0 Å². The van der Waals surface area contributed by atoms with Crippen LogP contribution in [0.25, 0.3) is 0 Å². The Hall–Kier alpha value is -0.200. The van der Waals surface area contributed by atoms with Gasteiger partial charge in [-0.05, 0) is 0 Å². The van der Waals surface area contributed by atoms with Crippen molar-refractivity contribution in [3.05, 3.63) is 0 Å². The van der Waals surface area contributed by atoms with E-state index in [2.05, 4.69) is 14.2 Å². The number of hydrogen-bond donors (Lipinski definition) is 2. The average Bonchev–Trinajstić information content (AvgIpc) is 2.51. The third-order valence-electron chi connectivity index (χ3n) is 0.949. The Morgan fingerprint density at radius 3 is 2.00 bits per heavy atom. The molecule has 5 heteroatoms. The highest BCUT2D eigenvalue weighted by Crippen LogP contribution is 2.28. The third-order valence-corrected chi connectivity index (χ3v) is 0.949.